The van der Waals surface area contributed by atoms with E-state index < -0.39 is 0 Å². The molecule has 0 bridgehead atoms. The largest absolute Gasteiger partial charge is 0.346 e. The fourth-order valence-electron chi connectivity index (χ4n) is 2.11. The molecule has 2 rings (SSSR count). The van der Waals surface area contributed by atoms with E-state index in [2.05, 4.69) is 28.1 Å². The minimum atomic E-state index is -0.287. The van der Waals surface area contributed by atoms with Crippen LogP contribution in [0.25, 0.3) is 0 Å². The highest BCUT2D eigenvalue weighted by Gasteiger charge is 2.17. The molecule has 1 amide bonds. The van der Waals surface area contributed by atoms with Crippen molar-refractivity contribution < 1.29 is 9.59 Å². The number of hydrazone groups is 1. The van der Waals surface area contributed by atoms with E-state index in [1.807, 2.05) is 7.05 Å². The summed E-state index contributed by atoms with van der Waals surface area (Å²) in [5.41, 5.74) is 6.21. The minimum Gasteiger partial charge on any atom is -0.346 e. The van der Waals surface area contributed by atoms with Gasteiger partial charge in [-0.2, -0.15) is 0 Å². The van der Waals surface area contributed by atoms with Gasteiger partial charge in [-0.1, -0.05) is 24.3 Å². The number of hydrogen-bond donors (Lipinski definition) is 3. The molecule has 1 heterocycles. The van der Waals surface area contributed by atoms with Crippen molar-refractivity contribution in [3.8, 4) is 0 Å². The Labute approximate surface area is 129 Å². The average Bonchev–Trinajstić information content (AvgIpc) is 2.96. The maximum atomic E-state index is 12.3. The van der Waals surface area contributed by atoms with Gasteiger partial charge in [0.15, 0.2) is 6.29 Å². The van der Waals surface area contributed by atoms with E-state index in [9.17, 15) is 9.59 Å². The molecule has 0 spiro atoms. The second-order valence-electron chi connectivity index (χ2n) is 4.87. The van der Waals surface area contributed by atoms with Crippen LogP contribution in [0.5, 0.6) is 0 Å². The number of hydrogen-bond acceptors (Lipinski definition) is 6. The Bertz CT molecular complexity index is 599. The predicted octanol–water partition coefficient (Wildman–Crippen LogP) is 0.832. The topological polar surface area (TPSA) is 85.8 Å². The van der Waals surface area contributed by atoms with Gasteiger partial charge in [0, 0.05) is 30.6 Å². The van der Waals surface area contributed by atoms with Crippen molar-refractivity contribution in [3.05, 3.63) is 48.0 Å². The maximum Gasteiger partial charge on any atom is 0.252 e. The highest BCUT2D eigenvalue weighted by atomic mass is 16.2. The van der Waals surface area contributed by atoms with E-state index in [0.717, 1.165) is 5.84 Å². The van der Waals surface area contributed by atoms with Crippen LogP contribution < -0.4 is 16.4 Å². The zero-order chi connectivity index (χ0) is 15.9. The molecule has 116 valence electrons. The second kappa shape index (κ2) is 7.37. The Morgan fingerprint density at radius 3 is 2.91 bits per heavy atom. The Morgan fingerprint density at radius 1 is 1.50 bits per heavy atom. The number of nitrogens with one attached hydrogen (secondary N) is 3. The molecular weight excluding hydrogens is 282 g/mol. The number of benzene rings is 1. The summed E-state index contributed by atoms with van der Waals surface area (Å²) < 4.78 is 0. The van der Waals surface area contributed by atoms with Crippen LogP contribution in [-0.4, -0.2) is 36.1 Å². The molecule has 1 aliphatic rings. The zero-order valence-corrected chi connectivity index (χ0v) is 12.4. The predicted molar refractivity (Wildman–Crippen MR) is 84.0 cm³/mol. The third-order valence-electron chi connectivity index (χ3n) is 3.40. The monoisotopic (exact) mass is 301 g/mol. The minimum absolute atomic E-state index is 0.205. The van der Waals surface area contributed by atoms with E-state index in [1.54, 1.807) is 35.4 Å². The number of amides is 1. The van der Waals surface area contributed by atoms with Crippen LogP contribution in [-0.2, 0) is 0 Å². The first-order chi connectivity index (χ1) is 10.7. The molecule has 0 radical (unpaired) electrons. The van der Waals surface area contributed by atoms with Gasteiger partial charge in [-0.05, 0) is 12.5 Å². The smallest absolute Gasteiger partial charge is 0.252 e. The zero-order valence-electron chi connectivity index (χ0n) is 12.4. The van der Waals surface area contributed by atoms with Crippen molar-refractivity contribution in [1.82, 2.24) is 21.4 Å². The standard InChI is InChI=1S/C15H19N5O2/c1-3-12(8-9-14-17-18-19-20(14)2)16-15(22)13-7-5-4-6-11(13)10-21/h3-7,10,12,18-19H,1,8-9H2,2H3,(H,16,22). The van der Waals surface area contributed by atoms with Gasteiger partial charge >= 0.3 is 0 Å². The van der Waals surface area contributed by atoms with Crippen molar-refractivity contribution in [2.75, 3.05) is 7.05 Å². The number of amidine groups is 1. The first-order valence-electron chi connectivity index (χ1n) is 6.94. The first kappa shape index (κ1) is 15.7. The summed E-state index contributed by atoms with van der Waals surface area (Å²) in [5, 5.41) is 8.71. The van der Waals surface area contributed by atoms with Crippen molar-refractivity contribution in [1.29, 1.82) is 0 Å². The molecule has 0 saturated heterocycles. The van der Waals surface area contributed by atoms with Crippen LogP contribution in [0.1, 0.15) is 33.6 Å². The molecule has 0 fully saturated rings. The molecule has 1 aromatic carbocycles. The summed E-state index contributed by atoms with van der Waals surface area (Å²) >= 11 is 0. The number of carbonyl (C=O) groups is 2. The summed E-state index contributed by atoms with van der Waals surface area (Å²) in [6.45, 7) is 3.75. The lowest BCUT2D eigenvalue weighted by Gasteiger charge is -2.17. The van der Waals surface area contributed by atoms with Gasteiger partial charge in [0.2, 0.25) is 0 Å². The summed E-state index contributed by atoms with van der Waals surface area (Å²) in [4.78, 5) is 23.3. The number of aldehydes is 1. The Hall–Kier alpha value is -2.67. The van der Waals surface area contributed by atoms with Crippen LogP contribution >= 0.6 is 0 Å². The third-order valence-corrected chi connectivity index (χ3v) is 3.40. The van der Waals surface area contributed by atoms with Crippen molar-refractivity contribution in [2.45, 2.75) is 18.9 Å². The molecule has 7 heteroatoms. The SMILES string of the molecule is C=CC(CCC1=NNNN1C)NC(=O)c1ccccc1C=O. The van der Waals surface area contributed by atoms with Crippen molar-refractivity contribution >= 4 is 18.0 Å². The van der Waals surface area contributed by atoms with Gasteiger partial charge in [0.1, 0.15) is 5.84 Å². The maximum absolute atomic E-state index is 12.3. The van der Waals surface area contributed by atoms with Crippen LogP contribution in [0.3, 0.4) is 0 Å². The molecule has 3 N–H and O–H groups in total. The fraction of sp³-hybridized carbons (Fsp3) is 0.267. The molecule has 22 heavy (non-hydrogen) atoms. The normalized spacial score (nSPS) is 14.8. The highest BCUT2D eigenvalue weighted by Crippen LogP contribution is 2.09. The molecule has 1 aromatic rings. The summed E-state index contributed by atoms with van der Waals surface area (Å²) in [7, 11) is 1.85. The Kier molecular flexibility index (Phi) is 5.26. The van der Waals surface area contributed by atoms with Crippen LogP contribution in [0.15, 0.2) is 42.0 Å². The van der Waals surface area contributed by atoms with Gasteiger partial charge in [-0.3, -0.25) is 14.6 Å². The summed E-state index contributed by atoms with van der Waals surface area (Å²) in [5.74, 6) is 0.556. The first-order valence-corrected chi connectivity index (χ1v) is 6.94. The molecular formula is C15H19N5O2. The van der Waals surface area contributed by atoms with Gasteiger partial charge in [-0.15, -0.1) is 17.2 Å². The van der Waals surface area contributed by atoms with Crippen molar-refractivity contribution in [2.24, 2.45) is 5.10 Å². The van der Waals surface area contributed by atoms with Gasteiger partial charge in [0.05, 0.1) is 0 Å². The van der Waals surface area contributed by atoms with E-state index >= 15 is 0 Å². The summed E-state index contributed by atoms with van der Waals surface area (Å²) in [6, 6.07) is 6.49. The van der Waals surface area contributed by atoms with E-state index in [1.165, 1.54) is 0 Å². The van der Waals surface area contributed by atoms with E-state index in [0.29, 0.717) is 30.3 Å². The fourth-order valence-corrected chi connectivity index (χ4v) is 2.11. The number of carbonyl (C=O) groups excluding carboxylic acids is 2. The van der Waals surface area contributed by atoms with Gasteiger partial charge in [-0.25, -0.2) is 5.53 Å². The number of hydrazine groups is 2. The number of rotatable bonds is 7. The molecule has 1 unspecified atom stereocenters. The molecule has 7 nitrogen and oxygen atoms in total. The lowest BCUT2D eigenvalue weighted by molar-refractivity contribution is 0.0938. The Balaban J connectivity index is 1.96. The molecule has 1 aliphatic heterocycles. The van der Waals surface area contributed by atoms with Gasteiger partial charge in [0.25, 0.3) is 5.91 Å². The van der Waals surface area contributed by atoms with Crippen LogP contribution in [0, 0.1) is 0 Å². The Morgan fingerprint density at radius 2 is 2.27 bits per heavy atom. The third kappa shape index (κ3) is 3.70. The molecule has 1 atom stereocenters. The van der Waals surface area contributed by atoms with Crippen LogP contribution in [0.2, 0.25) is 0 Å². The second-order valence-corrected chi connectivity index (χ2v) is 4.87. The molecule has 0 aliphatic carbocycles. The quantitative estimate of drug-likeness (QED) is 0.513. The highest BCUT2D eigenvalue weighted by molar-refractivity contribution is 6.01. The van der Waals surface area contributed by atoms with Crippen LogP contribution in [0.4, 0.5) is 0 Å². The van der Waals surface area contributed by atoms with E-state index in [-0.39, 0.29) is 11.9 Å². The molecule has 0 saturated carbocycles. The summed E-state index contributed by atoms with van der Waals surface area (Å²) in [6.07, 6.45) is 3.68. The van der Waals surface area contributed by atoms with Crippen molar-refractivity contribution in [3.63, 3.8) is 0 Å². The molecule has 0 aromatic heterocycles. The van der Waals surface area contributed by atoms with E-state index in [4.69, 9.17) is 0 Å². The average molecular weight is 301 g/mol. The number of nitrogens with zero attached hydrogens (tertiary/aromatic N) is 2. The lowest BCUT2D eigenvalue weighted by Crippen LogP contribution is -2.38. The lowest BCUT2D eigenvalue weighted by atomic mass is 10.1. The van der Waals surface area contributed by atoms with Gasteiger partial charge < -0.3 is 5.32 Å².